The van der Waals surface area contributed by atoms with Crippen LogP contribution in [0.4, 0.5) is 0 Å². The van der Waals surface area contributed by atoms with Crippen molar-refractivity contribution in [3.63, 3.8) is 0 Å². The van der Waals surface area contributed by atoms with Gasteiger partial charge in [-0.2, -0.15) is 0 Å². The van der Waals surface area contributed by atoms with Crippen LogP contribution in [0.5, 0.6) is 5.75 Å². The number of nitrogens with one attached hydrogen (secondary N) is 1. The van der Waals surface area contributed by atoms with Gasteiger partial charge in [-0.1, -0.05) is 54.1 Å². The van der Waals surface area contributed by atoms with E-state index in [0.717, 1.165) is 11.3 Å². The average molecular weight is 396 g/mol. The fourth-order valence-electron chi connectivity index (χ4n) is 3.15. The van der Waals surface area contributed by atoms with Crippen LogP contribution in [0.3, 0.4) is 0 Å². The number of benzene rings is 2. The third kappa shape index (κ3) is 5.68. The molecule has 0 aliphatic rings. The Kier molecular flexibility index (Phi) is 7.23. The molecule has 3 N–H and O–H groups in total. The summed E-state index contributed by atoms with van der Waals surface area (Å²) in [6, 6.07) is 20.7. The SMILES string of the molecule is Cc1ccc(OCCNC(=O)C[NH2+][C@@H](c2ccccc2)c2cccs2)c(C)c1. The molecular formula is C23H27N2O2S+. The van der Waals surface area contributed by atoms with E-state index in [1.54, 1.807) is 11.3 Å². The first-order chi connectivity index (χ1) is 13.6. The van der Waals surface area contributed by atoms with Crippen molar-refractivity contribution >= 4 is 17.2 Å². The molecule has 0 bridgehead atoms. The van der Waals surface area contributed by atoms with Crippen LogP contribution in [-0.2, 0) is 4.79 Å². The monoisotopic (exact) mass is 395 g/mol. The topological polar surface area (TPSA) is 54.9 Å². The van der Waals surface area contributed by atoms with Crippen molar-refractivity contribution < 1.29 is 14.8 Å². The maximum Gasteiger partial charge on any atom is 0.275 e. The molecule has 0 aliphatic heterocycles. The van der Waals surface area contributed by atoms with E-state index in [1.165, 1.54) is 16.0 Å². The van der Waals surface area contributed by atoms with Crippen molar-refractivity contribution in [1.29, 1.82) is 0 Å². The molecule has 1 heterocycles. The fourth-order valence-corrected chi connectivity index (χ4v) is 4.01. The minimum Gasteiger partial charge on any atom is -0.491 e. The number of thiophene rings is 1. The van der Waals surface area contributed by atoms with E-state index < -0.39 is 0 Å². The van der Waals surface area contributed by atoms with Crippen LogP contribution in [0.25, 0.3) is 0 Å². The zero-order valence-electron chi connectivity index (χ0n) is 16.4. The Labute approximate surface area is 170 Å². The summed E-state index contributed by atoms with van der Waals surface area (Å²) in [6.45, 7) is 5.43. The number of aryl methyl sites for hydroxylation is 2. The molecule has 0 saturated carbocycles. The van der Waals surface area contributed by atoms with Crippen molar-refractivity contribution in [3.8, 4) is 5.75 Å². The first-order valence-electron chi connectivity index (χ1n) is 9.52. The Morgan fingerprint density at radius 3 is 2.64 bits per heavy atom. The van der Waals surface area contributed by atoms with Crippen molar-refractivity contribution in [2.75, 3.05) is 19.7 Å². The number of rotatable bonds is 9. The van der Waals surface area contributed by atoms with Crippen LogP contribution < -0.4 is 15.4 Å². The number of ether oxygens (including phenoxy) is 1. The minimum atomic E-state index is 0.0155. The Hall–Kier alpha value is -2.63. The molecule has 0 radical (unpaired) electrons. The lowest BCUT2D eigenvalue weighted by molar-refractivity contribution is -0.676. The van der Waals surface area contributed by atoms with Crippen LogP contribution in [0.1, 0.15) is 27.6 Å². The zero-order valence-corrected chi connectivity index (χ0v) is 17.2. The maximum absolute atomic E-state index is 12.3. The Morgan fingerprint density at radius 2 is 1.93 bits per heavy atom. The number of carbonyl (C=O) groups excluding carboxylic acids is 1. The van der Waals surface area contributed by atoms with Crippen LogP contribution in [-0.4, -0.2) is 25.6 Å². The summed E-state index contributed by atoms with van der Waals surface area (Å²) in [5.41, 5.74) is 3.53. The zero-order chi connectivity index (χ0) is 19.8. The predicted octanol–water partition coefficient (Wildman–Crippen LogP) is 3.21. The van der Waals surface area contributed by atoms with Crippen molar-refractivity contribution in [2.24, 2.45) is 0 Å². The lowest BCUT2D eigenvalue weighted by Crippen LogP contribution is -2.87. The Balaban J connectivity index is 1.46. The molecule has 146 valence electrons. The number of hydrogen-bond acceptors (Lipinski definition) is 3. The quantitative estimate of drug-likeness (QED) is 0.547. The van der Waals surface area contributed by atoms with Gasteiger partial charge < -0.3 is 15.4 Å². The maximum atomic E-state index is 12.3. The smallest absolute Gasteiger partial charge is 0.275 e. The summed E-state index contributed by atoms with van der Waals surface area (Å²) in [6.07, 6.45) is 0. The lowest BCUT2D eigenvalue weighted by Gasteiger charge is -2.15. The van der Waals surface area contributed by atoms with Gasteiger partial charge in [0.15, 0.2) is 6.54 Å². The second-order valence-corrected chi connectivity index (χ2v) is 7.79. The van der Waals surface area contributed by atoms with Crippen LogP contribution >= 0.6 is 11.3 Å². The van der Waals surface area contributed by atoms with Crippen LogP contribution in [0, 0.1) is 13.8 Å². The van der Waals surface area contributed by atoms with Gasteiger partial charge >= 0.3 is 0 Å². The van der Waals surface area contributed by atoms with E-state index in [-0.39, 0.29) is 11.9 Å². The van der Waals surface area contributed by atoms with E-state index in [4.69, 9.17) is 4.74 Å². The summed E-state index contributed by atoms with van der Waals surface area (Å²) < 4.78 is 5.77. The highest BCUT2D eigenvalue weighted by atomic mass is 32.1. The van der Waals surface area contributed by atoms with E-state index in [2.05, 4.69) is 47.2 Å². The first kappa shape index (κ1) is 20.1. The minimum absolute atomic E-state index is 0.0155. The van der Waals surface area contributed by atoms with Gasteiger partial charge in [-0.15, -0.1) is 11.3 Å². The number of nitrogens with two attached hydrogens (primary N) is 1. The summed E-state index contributed by atoms with van der Waals surface area (Å²) in [5, 5.41) is 7.10. The van der Waals surface area contributed by atoms with Gasteiger partial charge in [0.1, 0.15) is 18.4 Å². The van der Waals surface area contributed by atoms with Gasteiger partial charge in [0.2, 0.25) is 0 Å². The summed E-state index contributed by atoms with van der Waals surface area (Å²) in [5.74, 6) is 0.884. The van der Waals surface area contributed by atoms with Crippen molar-refractivity contribution in [2.45, 2.75) is 19.9 Å². The van der Waals surface area contributed by atoms with Gasteiger partial charge in [0.05, 0.1) is 11.4 Å². The van der Waals surface area contributed by atoms with Gasteiger partial charge in [-0.25, -0.2) is 0 Å². The van der Waals surface area contributed by atoms with Crippen LogP contribution in [0.15, 0.2) is 66.0 Å². The Morgan fingerprint density at radius 1 is 1.11 bits per heavy atom. The molecule has 0 fully saturated rings. The molecule has 2 aromatic carbocycles. The number of amides is 1. The summed E-state index contributed by atoms with van der Waals surface area (Å²) >= 11 is 1.72. The third-order valence-electron chi connectivity index (χ3n) is 4.56. The van der Waals surface area contributed by atoms with E-state index in [1.807, 2.05) is 43.3 Å². The third-order valence-corrected chi connectivity index (χ3v) is 5.51. The lowest BCUT2D eigenvalue weighted by atomic mass is 10.1. The van der Waals surface area contributed by atoms with Crippen LogP contribution in [0.2, 0.25) is 0 Å². The molecule has 0 spiro atoms. The molecule has 1 amide bonds. The molecule has 1 atom stereocenters. The molecule has 0 saturated heterocycles. The number of hydrogen-bond donors (Lipinski definition) is 2. The molecule has 0 unspecified atom stereocenters. The van der Waals surface area contributed by atoms with Gasteiger partial charge in [-0.3, -0.25) is 4.79 Å². The number of quaternary nitrogens is 1. The highest BCUT2D eigenvalue weighted by Gasteiger charge is 2.19. The van der Waals surface area contributed by atoms with Gasteiger partial charge in [0.25, 0.3) is 5.91 Å². The highest BCUT2D eigenvalue weighted by Crippen LogP contribution is 2.22. The van der Waals surface area contributed by atoms with Crippen molar-refractivity contribution in [3.05, 3.63) is 87.6 Å². The predicted molar refractivity (Wildman–Crippen MR) is 114 cm³/mol. The molecule has 5 heteroatoms. The van der Waals surface area contributed by atoms with E-state index in [0.29, 0.717) is 19.7 Å². The summed E-state index contributed by atoms with van der Waals surface area (Å²) in [7, 11) is 0. The normalized spacial score (nSPS) is 11.8. The molecule has 1 aromatic heterocycles. The summed E-state index contributed by atoms with van der Waals surface area (Å²) in [4.78, 5) is 13.5. The molecule has 3 rings (SSSR count). The molecule has 4 nitrogen and oxygen atoms in total. The standard InChI is InChI=1S/C23H26N2O2S/c1-17-10-11-20(18(2)15-17)27-13-12-24-22(26)16-25-23(21-9-6-14-28-21)19-7-4-3-5-8-19/h3-11,14-15,23,25H,12-13,16H2,1-2H3,(H,24,26)/p+1/t23-/m0/s1. The molecule has 3 aromatic rings. The molecule has 28 heavy (non-hydrogen) atoms. The van der Waals surface area contributed by atoms with Crippen molar-refractivity contribution in [1.82, 2.24) is 5.32 Å². The second kappa shape index (κ2) is 10.1. The second-order valence-electron chi connectivity index (χ2n) is 6.81. The molecule has 0 aliphatic carbocycles. The highest BCUT2D eigenvalue weighted by molar-refractivity contribution is 7.10. The number of carbonyl (C=O) groups is 1. The first-order valence-corrected chi connectivity index (χ1v) is 10.4. The average Bonchev–Trinajstić information content (AvgIpc) is 3.22. The fraction of sp³-hybridized carbons (Fsp3) is 0.261. The Bertz CT molecular complexity index is 879. The largest absolute Gasteiger partial charge is 0.491 e. The van der Waals surface area contributed by atoms with E-state index in [9.17, 15) is 4.79 Å². The van der Waals surface area contributed by atoms with E-state index >= 15 is 0 Å². The van der Waals surface area contributed by atoms with Gasteiger partial charge in [0, 0.05) is 5.56 Å². The van der Waals surface area contributed by atoms with Gasteiger partial charge in [-0.05, 0) is 36.9 Å². The molecular weight excluding hydrogens is 368 g/mol.